The highest BCUT2D eigenvalue weighted by molar-refractivity contribution is 7.09. The number of amides is 7. The number of urea groups is 2. The van der Waals surface area contributed by atoms with E-state index in [-0.39, 0.29) is 94.4 Å². The molecule has 0 saturated heterocycles. The summed E-state index contributed by atoms with van der Waals surface area (Å²) >= 11 is 9.73. The topological polar surface area (TPSA) is 502 Å². The van der Waals surface area contributed by atoms with Crippen molar-refractivity contribution < 1.29 is 68.9 Å². The van der Waals surface area contributed by atoms with Crippen molar-refractivity contribution >= 4 is 116 Å². The van der Waals surface area contributed by atoms with Crippen molar-refractivity contribution in [1.82, 2.24) is 46.2 Å². The number of rotatable bonds is 37. The number of phenols is 5. The van der Waals surface area contributed by atoms with E-state index in [1.165, 1.54) is 76.1 Å². The molecule has 7 amide bonds. The molecule has 9 atom stereocenters. The zero-order chi connectivity index (χ0) is 104. The van der Waals surface area contributed by atoms with Crippen LogP contribution in [-0.4, -0.2) is 222 Å². The number of primary amides is 2. The number of carbonyl (C=O) groups excluding carboxylic acids is 6. The number of nitrogens with two attached hydrogens (primary N) is 5. The fourth-order valence-corrected chi connectivity index (χ4v) is 16.6. The third-order valence-corrected chi connectivity index (χ3v) is 24.9. The Bertz CT molecular complexity index is 5320. The van der Waals surface area contributed by atoms with Gasteiger partial charge in [0.1, 0.15) is 34.5 Å². The summed E-state index contributed by atoms with van der Waals surface area (Å²) in [7, 11) is 15.7. The molecule has 756 valence electrons. The average molecular weight is 2030 g/mol. The monoisotopic (exact) mass is 2030 g/mol. The lowest BCUT2D eigenvalue weighted by atomic mass is 10.0. The van der Waals surface area contributed by atoms with Crippen LogP contribution in [0.2, 0.25) is 0 Å². The number of ether oxygens (including phenoxy) is 1. The fraction of sp³-hybridized carbons (Fsp3) is 0.333. The number of aldehydes is 1. The number of allylic oxidation sites excluding steroid dienone is 1. The molecule has 0 aliphatic carbocycles. The molecule has 12 aromatic rings. The first-order valence-corrected chi connectivity index (χ1v) is 50.3. The average Bonchev–Trinajstić information content (AvgIpc) is 1.12. The highest BCUT2D eigenvalue weighted by Gasteiger charge is 2.21. The van der Waals surface area contributed by atoms with Crippen molar-refractivity contribution in [2.45, 2.75) is 147 Å². The minimum absolute atomic E-state index is 0.0476. The number of carbonyl (C=O) groups is 6. The van der Waals surface area contributed by atoms with Crippen LogP contribution in [0.5, 0.6) is 34.5 Å². The third-order valence-electron chi connectivity index (χ3n) is 20.5. The second-order valence-electron chi connectivity index (χ2n) is 33.6. The highest BCUT2D eigenvalue weighted by atomic mass is 32.1. The Morgan fingerprint density at radius 1 is 0.400 bits per heavy atom. The summed E-state index contributed by atoms with van der Waals surface area (Å²) in [5.74, 6) is 0.657. The van der Waals surface area contributed by atoms with Gasteiger partial charge in [-0.15, -0.1) is 0 Å². The molecular formula is C102H136N16O16S6. The van der Waals surface area contributed by atoms with Gasteiger partial charge in [0.05, 0.1) is 21.9 Å². The van der Waals surface area contributed by atoms with E-state index in [9.17, 15) is 59.2 Å². The molecule has 38 heteroatoms. The summed E-state index contributed by atoms with van der Waals surface area (Å²) in [6.45, 7) is 11.2. The Labute approximate surface area is 844 Å². The van der Waals surface area contributed by atoms with Gasteiger partial charge in [-0.3, -0.25) is 39.5 Å². The number of non-ortho nitro benzene ring substituents is 1. The molecule has 0 aliphatic heterocycles. The molecule has 0 radical (unpaired) electrons. The van der Waals surface area contributed by atoms with E-state index in [1.807, 2.05) is 176 Å². The second kappa shape index (κ2) is 66.7. The van der Waals surface area contributed by atoms with Gasteiger partial charge in [0.2, 0.25) is 17.5 Å². The van der Waals surface area contributed by atoms with Crippen LogP contribution in [0.3, 0.4) is 0 Å². The van der Waals surface area contributed by atoms with E-state index in [0.29, 0.717) is 50.3 Å². The van der Waals surface area contributed by atoms with Crippen molar-refractivity contribution in [3.05, 3.63) is 334 Å². The zero-order valence-corrected chi connectivity index (χ0v) is 86.2. The summed E-state index contributed by atoms with van der Waals surface area (Å²) in [5.41, 5.74) is 39.1. The number of nitro benzene ring substituents is 1. The lowest BCUT2D eigenvalue weighted by molar-refractivity contribution is -0.422. The van der Waals surface area contributed by atoms with Crippen LogP contribution in [0.25, 0.3) is 6.08 Å². The Hall–Kier alpha value is -12.8. The van der Waals surface area contributed by atoms with Gasteiger partial charge < -0.3 is 100 Å². The molecular weight excluding hydrogens is 1900 g/mol. The Morgan fingerprint density at radius 2 is 0.721 bits per heavy atom. The van der Waals surface area contributed by atoms with Gasteiger partial charge in [0.15, 0.2) is 6.29 Å². The fourth-order valence-electron chi connectivity index (χ4n) is 12.6. The summed E-state index contributed by atoms with van der Waals surface area (Å²) in [5, 5.41) is 105. The van der Waals surface area contributed by atoms with Crippen LogP contribution in [0.4, 0.5) is 20.1 Å². The van der Waals surface area contributed by atoms with E-state index < -0.39 is 27.9 Å². The Morgan fingerprint density at radius 3 is 1.00 bits per heavy atom. The molecule has 0 bridgehead atoms. The summed E-state index contributed by atoms with van der Waals surface area (Å²) in [4.78, 5) is 95.5. The molecule has 12 rings (SSSR count). The van der Waals surface area contributed by atoms with Gasteiger partial charge in [-0.1, -0.05) is 60.7 Å². The SMILES string of the molecule is C/C(=C\c1ccsc1)[N+](=O)[O-].CC(Cc1ccsc1)NC(=O)NCC(Cc1ccc(O)cc1)N(C)C.CC(Cc1ccsc1)NC(=O)Oc1ccc([N+](=O)[O-])cc1.CC(N)Cc1ccsc1.CN(C)C(CN)Cc1ccc(O)cc1.CN(C)C(Cc1ccc(O)cc1)C(N)=O.C[C@@H](Cc1ccsc1)NC(=O)NC[C@H](Cc1ccc(O)cc1)N(C)C.NC(=O)C(N)Cc1ccc(O)cc1.O=Cc1ccsc1. The van der Waals surface area contributed by atoms with Crippen molar-refractivity contribution in [2.24, 2.45) is 28.7 Å². The van der Waals surface area contributed by atoms with Gasteiger partial charge in [0, 0.05) is 98.0 Å². The highest BCUT2D eigenvalue weighted by Crippen LogP contribution is 2.22. The number of nitrogens with zero attached hydrogens (tertiary/aromatic N) is 6. The number of hydrogen-bond donors (Lipinski definition) is 15. The largest absolute Gasteiger partial charge is 0.508 e. The van der Waals surface area contributed by atoms with Gasteiger partial charge in [-0.2, -0.15) is 68.0 Å². The molecule has 6 aromatic heterocycles. The molecule has 0 saturated carbocycles. The standard InChI is InChI=1S/2C19H27N3O2S.C14H14N2O4S.C11H16N2O2.C11H18N2O.C9H12N2O2.C7H7NO2S.C7H11NS.C5H4OS/c2*1-14(10-16-8-9-25-13-16)21-19(24)20-12-17(22(2)3)11-15-4-6-18(23)7-5-15;1-10(8-11-6-7-21-9-11)15-14(17)20-13-4-2-12(3-5-13)16(18)19;1-13(2)10(11(12)15)7-8-3-5-9(14)6-4-8;1-13(2)10(8-12)7-9-3-5-11(14)6-4-9;10-8(9(11)13)5-6-1-3-7(12)4-2-6;1-6(8(9)10)4-7-2-3-11-5-7;1-6(8)4-7-2-3-9-5-7;6-3-5-1-2-7-4-5/h2*4-9,13-14,17,23H,10-12H2,1-3H3,(H2,20,21,24);2-7,9-10H,8H2,1H3,(H,15,17);3-6,10,14H,7H2,1-2H3,(H2,12,15);3-6,10,14H,7-8,12H2,1-2H3;1-4,8,12H,5,10H2,(H2,11,13);2-5H,1H3;2-3,5-6H,4,8H2,1H3;1-4H/b;;;;;;6-4+;;/t14-,17-;;;;;;;;/m0......../s1. The number of likely N-dealkylation sites (N-methyl/N-ethyl adjacent to an activating group) is 4. The van der Waals surface area contributed by atoms with Gasteiger partial charge in [-0.05, 0) is 366 Å². The first-order chi connectivity index (χ1) is 66.6. The van der Waals surface area contributed by atoms with Crippen LogP contribution in [0.1, 0.15) is 101 Å². The van der Waals surface area contributed by atoms with Crippen molar-refractivity contribution in [1.29, 1.82) is 0 Å². The summed E-state index contributed by atoms with van der Waals surface area (Å²) in [6.07, 6.45) is 8.70. The van der Waals surface area contributed by atoms with E-state index in [1.54, 1.807) is 147 Å². The molecule has 0 aliphatic rings. The zero-order valence-electron chi connectivity index (χ0n) is 81.3. The van der Waals surface area contributed by atoms with Crippen LogP contribution in [-0.2, 0) is 67.4 Å². The molecule has 6 aromatic carbocycles. The van der Waals surface area contributed by atoms with Gasteiger partial charge in [-0.25, -0.2) is 14.4 Å². The third kappa shape index (κ3) is 52.8. The number of aromatic hydroxyl groups is 5. The smallest absolute Gasteiger partial charge is 0.412 e. The lowest BCUT2D eigenvalue weighted by Crippen LogP contribution is -2.47. The van der Waals surface area contributed by atoms with Gasteiger partial charge in [0.25, 0.3) is 5.69 Å². The number of nitrogens with one attached hydrogen (secondary N) is 5. The number of hydrogen-bond acceptors (Lipinski definition) is 29. The minimum Gasteiger partial charge on any atom is -0.508 e. The summed E-state index contributed by atoms with van der Waals surface area (Å²) < 4.78 is 5.07. The lowest BCUT2D eigenvalue weighted by Gasteiger charge is -2.25. The van der Waals surface area contributed by atoms with Crippen LogP contribution in [0, 0.1) is 20.2 Å². The molecule has 6 heterocycles. The first-order valence-electron chi connectivity index (χ1n) is 44.6. The molecule has 32 nitrogen and oxygen atoms in total. The second-order valence-corrected chi connectivity index (χ2v) is 38.3. The predicted molar refractivity (Wildman–Crippen MR) is 568 cm³/mol. The van der Waals surface area contributed by atoms with E-state index in [0.717, 1.165) is 90.2 Å². The maximum absolute atomic E-state index is 12.1. The van der Waals surface area contributed by atoms with Crippen molar-refractivity contribution in [3.63, 3.8) is 0 Å². The van der Waals surface area contributed by atoms with Crippen LogP contribution >= 0.6 is 68.0 Å². The quantitative estimate of drug-likeness (QED) is 0.00977. The van der Waals surface area contributed by atoms with E-state index >= 15 is 0 Å². The maximum atomic E-state index is 12.1. The van der Waals surface area contributed by atoms with E-state index in [4.69, 9.17) is 48.7 Å². The van der Waals surface area contributed by atoms with Crippen LogP contribution < -0.4 is 60.0 Å². The minimum atomic E-state index is -0.662. The van der Waals surface area contributed by atoms with E-state index in [2.05, 4.69) is 81.0 Å². The molecule has 140 heavy (non-hydrogen) atoms. The predicted octanol–water partition coefficient (Wildman–Crippen LogP) is 15.6. The van der Waals surface area contributed by atoms with Crippen molar-refractivity contribution in [2.75, 3.05) is 76.0 Å². The van der Waals surface area contributed by atoms with Crippen molar-refractivity contribution in [3.8, 4) is 34.5 Å². The van der Waals surface area contributed by atoms with Crippen LogP contribution in [0.15, 0.2) is 252 Å². The number of nitro groups is 2. The molecule has 20 N–H and O–H groups in total. The number of phenolic OH excluding ortho intramolecular Hbond substituents is 5. The summed E-state index contributed by atoms with van der Waals surface area (Å²) in [6, 6.07) is 52.1. The maximum Gasteiger partial charge on any atom is 0.412 e. The number of benzene rings is 6. The van der Waals surface area contributed by atoms with Gasteiger partial charge >= 0.3 is 18.2 Å². The molecule has 7 unspecified atom stereocenters. The first kappa shape index (κ1) is 120. The normalized spacial score (nSPS) is 12.6. The Balaban J connectivity index is 0.000000337. The Kier molecular flexibility index (Phi) is 56.9. The number of thiophene rings is 6. The molecule has 0 fully saturated rings. The molecule has 0 spiro atoms.